The Hall–Kier alpha value is -0.340. The highest BCUT2D eigenvalue weighted by Gasteiger charge is 2.19. The van der Waals surface area contributed by atoms with Crippen molar-refractivity contribution in [2.75, 3.05) is 26.3 Å². The zero-order valence-electron chi connectivity index (χ0n) is 14.2. The first kappa shape index (κ1) is 17.7. The standard InChI is InChI=1S/C18H35NO/c1-5-6-7-8-9-10-17(11-12-18(2,3)4)19-13-15-20-16-14-19/h11-12,17H,5-10,13-16H2,1-4H3/b12-11+. The number of rotatable bonds is 8. The fourth-order valence-corrected chi connectivity index (χ4v) is 2.67. The zero-order chi connectivity index (χ0) is 14.8. The van der Waals surface area contributed by atoms with Crippen LogP contribution < -0.4 is 0 Å². The molecular weight excluding hydrogens is 246 g/mol. The first-order valence-corrected chi connectivity index (χ1v) is 8.54. The second kappa shape index (κ2) is 9.57. The number of nitrogens with zero attached hydrogens (tertiary/aromatic N) is 1. The van der Waals surface area contributed by atoms with Crippen molar-refractivity contribution in [3.63, 3.8) is 0 Å². The van der Waals surface area contributed by atoms with Crippen molar-refractivity contribution < 1.29 is 4.74 Å². The van der Waals surface area contributed by atoms with Crippen LogP contribution in [0.1, 0.15) is 66.2 Å². The maximum atomic E-state index is 5.49. The molecular formula is C18H35NO. The predicted octanol–water partition coefficient (Wildman–Crippen LogP) is 4.65. The monoisotopic (exact) mass is 281 g/mol. The van der Waals surface area contributed by atoms with Crippen LogP contribution in [0.25, 0.3) is 0 Å². The molecule has 2 nitrogen and oxygen atoms in total. The van der Waals surface area contributed by atoms with Gasteiger partial charge >= 0.3 is 0 Å². The molecule has 0 N–H and O–H groups in total. The Morgan fingerprint density at radius 1 is 1.05 bits per heavy atom. The third-order valence-electron chi connectivity index (χ3n) is 3.94. The Morgan fingerprint density at radius 3 is 2.30 bits per heavy atom. The minimum absolute atomic E-state index is 0.284. The Balaban J connectivity index is 2.43. The molecule has 0 radical (unpaired) electrons. The third kappa shape index (κ3) is 8.06. The van der Waals surface area contributed by atoms with Gasteiger partial charge in [-0.25, -0.2) is 0 Å². The summed E-state index contributed by atoms with van der Waals surface area (Å²) in [5, 5.41) is 0. The highest BCUT2D eigenvalue weighted by atomic mass is 16.5. The zero-order valence-corrected chi connectivity index (χ0v) is 14.2. The Kier molecular flexibility index (Phi) is 8.47. The van der Waals surface area contributed by atoms with Gasteiger partial charge in [0, 0.05) is 19.1 Å². The van der Waals surface area contributed by atoms with E-state index in [0.29, 0.717) is 6.04 Å². The fraction of sp³-hybridized carbons (Fsp3) is 0.889. The average Bonchev–Trinajstić information content (AvgIpc) is 2.42. The number of morpholine rings is 1. The molecule has 1 unspecified atom stereocenters. The topological polar surface area (TPSA) is 12.5 Å². The Morgan fingerprint density at radius 2 is 1.70 bits per heavy atom. The summed E-state index contributed by atoms with van der Waals surface area (Å²) in [6.07, 6.45) is 13.0. The molecule has 1 aliphatic heterocycles. The first-order valence-electron chi connectivity index (χ1n) is 8.54. The molecule has 1 fully saturated rings. The molecule has 0 bridgehead atoms. The molecule has 1 aliphatic rings. The summed E-state index contributed by atoms with van der Waals surface area (Å²) < 4.78 is 5.49. The Labute approximate surface area is 126 Å². The van der Waals surface area contributed by atoms with Gasteiger partial charge in [-0.3, -0.25) is 4.90 Å². The van der Waals surface area contributed by atoms with E-state index in [0.717, 1.165) is 26.3 Å². The van der Waals surface area contributed by atoms with Crippen LogP contribution in [0.15, 0.2) is 12.2 Å². The lowest BCUT2D eigenvalue weighted by atomic mass is 9.94. The molecule has 0 spiro atoms. The molecule has 1 saturated heterocycles. The smallest absolute Gasteiger partial charge is 0.0594 e. The summed E-state index contributed by atoms with van der Waals surface area (Å²) in [6.45, 7) is 13.1. The van der Waals surface area contributed by atoms with E-state index in [4.69, 9.17) is 4.74 Å². The van der Waals surface area contributed by atoms with E-state index >= 15 is 0 Å². The molecule has 0 aromatic heterocycles. The van der Waals surface area contributed by atoms with Crippen molar-refractivity contribution in [1.29, 1.82) is 0 Å². The molecule has 20 heavy (non-hydrogen) atoms. The van der Waals surface area contributed by atoms with Gasteiger partial charge in [0.25, 0.3) is 0 Å². The summed E-state index contributed by atoms with van der Waals surface area (Å²) in [5.74, 6) is 0. The van der Waals surface area contributed by atoms with E-state index in [9.17, 15) is 0 Å². The van der Waals surface area contributed by atoms with Crippen LogP contribution in [0.4, 0.5) is 0 Å². The summed E-state index contributed by atoms with van der Waals surface area (Å²) in [5.41, 5.74) is 0.284. The highest BCUT2D eigenvalue weighted by Crippen LogP contribution is 2.19. The predicted molar refractivity (Wildman–Crippen MR) is 88.2 cm³/mol. The molecule has 1 rings (SSSR count). The molecule has 1 atom stereocenters. The lowest BCUT2D eigenvalue weighted by Gasteiger charge is -2.33. The van der Waals surface area contributed by atoms with Crippen LogP contribution in [0.2, 0.25) is 0 Å². The number of allylic oxidation sites excluding steroid dienone is 1. The van der Waals surface area contributed by atoms with E-state index in [-0.39, 0.29) is 5.41 Å². The quantitative estimate of drug-likeness (QED) is 0.474. The van der Waals surface area contributed by atoms with Gasteiger partial charge in [0.2, 0.25) is 0 Å². The van der Waals surface area contributed by atoms with Gasteiger partial charge in [-0.1, -0.05) is 72.0 Å². The molecule has 2 heteroatoms. The Bertz CT molecular complexity index is 261. The van der Waals surface area contributed by atoms with E-state index < -0.39 is 0 Å². The number of unbranched alkanes of at least 4 members (excludes halogenated alkanes) is 4. The van der Waals surface area contributed by atoms with Crippen LogP contribution in [0.3, 0.4) is 0 Å². The second-order valence-electron chi connectivity index (χ2n) is 7.14. The van der Waals surface area contributed by atoms with Gasteiger partial charge in [-0.05, 0) is 11.8 Å². The maximum Gasteiger partial charge on any atom is 0.0594 e. The average molecular weight is 281 g/mol. The van der Waals surface area contributed by atoms with Crippen molar-refractivity contribution in [3.8, 4) is 0 Å². The van der Waals surface area contributed by atoms with Gasteiger partial charge in [-0.2, -0.15) is 0 Å². The van der Waals surface area contributed by atoms with Gasteiger partial charge in [0.05, 0.1) is 13.2 Å². The normalized spacial score (nSPS) is 19.6. The van der Waals surface area contributed by atoms with Crippen LogP contribution in [-0.4, -0.2) is 37.2 Å². The van der Waals surface area contributed by atoms with Gasteiger partial charge in [0.1, 0.15) is 0 Å². The molecule has 118 valence electrons. The van der Waals surface area contributed by atoms with Gasteiger partial charge < -0.3 is 4.74 Å². The summed E-state index contributed by atoms with van der Waals surface area (Å²) in [4.78, 5) is 2.60. The summed E-state index contributed by atoms with van der Waals surface area (Å²) in [7, 11) is 0. The number of ether oxygens (including phenoxy) is 1. The molecule has 1 heterocycles. The van der Waals surface area contributed by atoms with Crippen molar-refractivity contribution >= 4 is 0 Å². The molecule has 0 aromatic rings. The first-order chi connectivity index (χ1) is 9.53. The molecule has 0 aliphatic carbocycles. The van der Waals surface area contributed by atoms with Gasteiger partial charge in [-0.15, -0.1) is 0 Å². The van der Waals surface area contributed by atoms with E-state index in [1.807, 2.05) is 0 Å². The van der Waals surface area contributed by atoms with Crippen molar-refractivity contribution in [2.45, 2.75) is 72.3 Å². The van der Waals surface area contributed by atoms with E-state index in [1.165, 1.54) is 38.5 Å². The van der Waals surface area contributed by atoms with E-state index in [1.54, 1.807) is 0 Å². The largest absolute Gasteiger partial charge is 0.379 e. The SMILES string of the molecule is CCCCCCCC(/C=C/C(C)(C)C)N1CCOCC1. The lowest BCUT2D eigenvalue weighted by Crippen LogP contribution is -2.42. The van der Waals surface area contributed by atoms with Crippen molar-refractivity contribution in [3.05, 3.63) is 12.2 Å². The third-order valence-corrected chi connectivity index (χ3v) is 3.94. The summed E-state index contributed by atoms with van der Waals surface area (Å²) >= 11 is 0. The highest BCUT2D eigenvalue weighted by molar-refractivity contribution is 5.00. The minimum Gasteiger partial charge on any atom is -0.379 e. The number of hydrogen-bond donors (Lipinski definition) is 0. The van der Waals surface area contributed by atoms with Crippen molar-refractivity contribution in [2.24, 2.45) is 5.41 Å². The lowest BCUT2D eigenvalue weighted by molar-refractivity contribution is 0.0236. The molecule has 0 aromatic carbocycles. The van der Waals surface area contributed by atoms with Gasteiger partial charge in [0.15, 0.2) is 0 Å². The van der Waals surface area contributed by atoms with Crippen molar-refractivity contribution in [1.82, 2.24) is 4.90 Å². The van der Waals surface area contributed by atoms with E-state index in [2.05, 4.69) is 44.7 Å². The van der Waals surface area contributed by atoms with Crippen LogP contribution >= 0.6 is 0 Å². The fourth-order valence-electron chi connectivity index (χ4n) is 2.67. The molecule has 0 saturated carbocycles. The summed E-state index contributed by atoms with van der Waals surface area (Å²) in [6, 6.07) is 0.611. The van der Waals surface area contributed by atoms with Crippen LogP contribution in [0, 0.1) is 5.41 Å². The van der Waals surface area contributed by atoms with Crippen LogP contribution in [-0.2, 0) is 4.74 Å². The number of hydrogen-bond acceptors (Lipinski definition) is 2. The van der Waals surface area contributed by atoms with Crippen LogP contribution in [0.5, 0.6) is 0 Å². The molecule has 0 amide bonds. The second-order valence-corrected chi connectivity index (χ2v) is 7.14. The minimum atomic E-state index is 0.284. The maximum absolute atomic E-state index is 5.49.